The molecule has 0 radical (unpaired) electrons. The maximum absolute atomic E-state index is 12.6. The lowest BCUT2D eigenvalue weighted by molar-refractivity contribution is -0.167. The third-order valence-corrected chi connectivity index (χ3v) is 10.3. The predicted molar refractivity (Wildman–Crippen MR) is 224 cm³/mol. The molecular formula is C47H88O6. The van der Waals surface area contributed by atoms with Crippen molar-refractivity contribution in [1.82, 2.24) is 0 Å². The highest BCUT2D eigenvalue weighted by Crippen LogP contribution is 2.16. The van der Waals surface area contributed by atoms with E-state index in [1.165, 1.54) is 141 Å². The molecule has 0 aliphatic heterocycles. The fraction of sp³-hybridized carbons (Fsp3) is 0.894. The van der Waals surface area contributed by atoms with Gasteiger partial charge in [0, 0.05) is 19.3 Å². The first-order valence-electron chi connectivity index (χ1n) is 23.2. The first-order chi connectivity index (χ1) is 26.0. The normalized spacial score (nSPS) is 12.0. The van der Waals surface area contributed by atoms with Gasteiger partial charge in [-0.1, -0.05) is 206 Å². The van der Waals surface area contributed by atoms with Crippen molar-refractivity contribution in [3.05, 3.63) is 12.2 Å². The Morgan fingerprint density at radius 3 is 1.00 bits per heavy atom. The number of hydrogen-bond acceptors (Lipinski definition) is 6. The molecule has 53 heavy (non-hydrogen) atoms. The predicted octanol–water partition coefficient (Wildman–Crippen LogP) is 14.6. The fourth-order valence-corrected chi connectivity index (χ4v) is 6.72. The van der Waals surface area contributed by atoms with Crippen LogP contribution in [0.4, 0.5) is 0 Å². The van der Waals surface area contributed by atoms with Gasteiger partial charge in [0.15, 0.2) is 6.10 Å². The number of carbonyl (C=O) groups excluding carboxylic acids is 3. The molecule has 1 atom stereocenters. The molecule has 0 aromatic carbocycles. The molecule has 0 amide bonds. The molecule has 0 spiro atoms. The number of rotatable bonds is 42. The summed E-state index contributed by atoms with van der Waals surface area (Å²) in [5.74, 6) is -0.886. The second-order valence-corrected chi connectivity index (χ2v) is 15.7. The monoisotopic (exact) mass is 749 g/mol. The second-order valence-electron chi connectivity index (χ2n) is 15.7. The van der Waals surface area contributed by atoms with E-state index in [0.29, 0.717) is 19.3 Å². The van der Waals surface area contributed by atoms with Crippen LogP contribution in [0.1, 0.15) is 252 Å². The first-order valence-corrected chi connectivity index (χ1v) is 23.2. The molecule has 0 saturated heterocycles. The third-order valence-electron chi connectivity index (χ3n) is 10.3. The smallest absolute Gasteiger partial charge is 0.306 e. The van der Waals surface area contributed by atoms with Crippen LogP contribution in [0, 0.1) is 0 Å². The summed E-state index contributed by atoms with van der Waals surface area (Å²) < 4.78 is 16.6. The second kappa shape index (κ2) is 42.9. The van der Waals surface area contributed by atoms with E-state index in [4.69, 9.17) is 14.2 Å². The van der Waals surface area contributed by atoms with Crippen LogP contribution in [-0.4, -0.2) is 37.2 Å². The summed E-state index contributed by atoms with van der Waals surface area (Å²) in [6.07, 6.45) is 45.2. The van der Waals surface area contributed by atoms with E-state index >= 15 is 0 Å². The van der Waals surface area contributed by atoms with Crippen LogP contribution < -0.4 is 0 Å². The number of esters is 3. The van der Waals surface area contributed by atoms with Gasteiger partial charge in [-0.15, -0.1) is 0 Å². The van der Waals surface area contributed by atoms with Crippen LogP contribution >= 0.6 is 0 Å². The van der Waals surface area contributed by atoms with Crippen LogP contribution in [-0.2, 0) is 28.6 Å². The Hall–Kier alpha value is -1.85. The summed E-state index contributed by atoms with van der Waals surface area (Å²) >= 11 is 0. The lowest BCUT2D eigenvalue weighted by Gasteiger charge is -2.18. The summed E-state index contributed by atoms with van der Waals surface area (Å²) in [5, 5.41) is 0. The molecule has 0 rings (SSSR count). The number of carbonyl (C=O) groups is 3. The highest BCUT2D eigenvalue weighted by atomic mass is 16.6. The zero-order chi connectivity index (χ0) is 38.7. The number of ether oxygens (including phenoxy) is 3. The minimum Gasteiger partial charge on any atom is -0.462 e. The van der Waals surface area contributed by atoms with E-state index in [-0.39, 0.29) is 31.1 Å². The van der Waals surface area contributed by atoms with Crippen LogP contribution in [0.25, 0.3) is 0 Å². The zero-order valence-corrected chi connectivity index (χ0v) is 35.6. The Morgan fingerprint density at radius 1 is 0.358 bits per heavy atom. The van der Waals surface area contributed by atoms with Gasteiger partial charge in [0.1, 0.15) is 13.2 Å². The zero-order valence-electron chi connectivity index (χ0n) is 35.6. The van der Waals surface area contributed by atoms with Crippen molar-refractivity contribution in [2.75, 3.05) is 13.2 Å². The van der Waals surface area contributed by atoms with E-state index < -0.39 is 6.10 Å². The maximum Gasteiger partial charge on any atom is 0.306 e. The summed E-state index contributed by atoms with van der Waals surface area (Å²) in [7, 11) is 0. The third kappa shape index (κ3) is 41.2. The summed E-state index contributed by atoms with van der Waals surface area (Å²) in [4.78, 5) is 37.4. The highest BCUT2D eigenvalue weighted by molar-refractivity contribution is 5.71. The molecule has 0 aromatic heterocycles. The van der Waals surface area contributed by atoms with E-state index in [0.717, 1.165) is 70.6 Å². The molecule has 6 nitrogen and oxygen atoms in total. The molecular weight excluding hydrogens is 661 g/mol. The van der Waals surface area contributed by atoms with Gasteiger partial charge in [-0.3, -0.25) is 14.4 Å². The Labute approximate surface area is 329 Å². The van der Waals surface area contributed by atoms with Gasteiger partial charge in [0.25, 0.3) is 0 Å². The molecule has 0 N–H and O–H groups in total. The number of hydrogen-bond donors (Lipinski definition) is 0. The average molecular weight is 749 g/mol. The molecule has 0 aliphatic carbocycles. The van der Waals surface area contributed by atoms with Gasteiger partial charge < -0.3 is 14.2 Å². The quantitative estimate of drug-likeness (QED) is 0.0268. The molecule has 6 heteroatoms. The van der Waals surface area contributed by atoms with E-state index in [9.17, 15) is 14.4 Å². The van der Waals surface area contributed by atoms with Crippen LogP contribution in [0.3, 0.4) is 0 Å². The Bertz CT molecular complexity index is 824. The van der Waals surface area contributed by atoms with Crippen molar-refractivity contribution in [2.45, 2.75) is 258 Å². The Kier molecular flexibility index (Phi) is 41.4. The maximum atomic E-state index is 12.6. The SMILES string of the molecule is CCCC/C=C\CCCCCCCC(=O)OC(COC(=O)CCCCCCC)COC(=O)CCCCCCCCCCCCCCCCCCCCC. The molecule has 1 unspecified atom stereocenters. The highest BCUT2D eigenvalue weighted by Gasteiger charge is 2.19. The Balaban J connectivity index is 4.11. The van der Waals surface area contributed by atoms with Gasteiger partial charge in [0.2, 0.25) is 0 Å². The minimum atomic E-state index is -0.764. The molecule has 0 aliphatic rings. The average Bonchev–Trinajstić information content (AvgIpc) is 3.15. The topological polar surface area (TPSA) is 78.9 Å². The molecule has 0 saturated carbocycles. The van der Waals surface area contributed by atoms with Crippen molar-refractivity contribution >= 4 is 17.9 Å². The van der Waals surface area contributed by atoms with E-state index in [2.05, 4.69) is 32.9 Å². The standard InChI is InChI=1S/C47H88O6/c1-4-7-10-13-15-17-19-20-21-22-23-24-25-26-28-29-31-34-37-40-46(49)52-43-44(42-51-45(48)39-36-33-12-9-6-3)53-47(50)41-38-35-32-30-27-18-16-14-11-8-5-2/h14,16,44H,4-13,15,17-43H2,1-3H3/b16-14-. The lowest BCUT2D eigenvalue weighted by Crippen LogP contribution is -2.30. The minimum absolute atomic E-state index is 0.0702. The fourth-order valence-electron chi connectivity index (χ4n) is 6.72. The first kappa shape index (κ1) is 51.1. The van der Waals surface area contributed by atoms with Crippen molar-refractivity contribution < 1.29 is 28.6 Å². The van der Waals surface area contributed by atoms with Crippen molar-refractivity contribution in [3.63, 3.8) is 0 Å². The van der Waals surface area contributed by atoms with Gasteiger partial charge in [-0.25, -0.2) is 0 Å². The van der Waals surface area contributed by atoms with E-state index in [1.807, 2.05) is 0 Å². The van der Waals surface area contributed by atoms with E-state index in [1.54, 1.807) is 0 Å². The Morgan fingerprint density at radius 2 is 0.642 bits per heavy atom. The molecule has 0 aromatic rings. The summed E-state index contributed by atoms with van der Waals surface area (Å²) in [5.41, 5.74) is 0. The summed E-state index contributed by atoms with van der Waals surface area (Å²) in [6.45, 7) is 6.52. The lowest BCUT2D eigenvalue weighted by atomic mass is 10.0. The van der Waals surface area contributed by atoms with Crippen LogP contribution in [0.5, 0.6) is 0 Å². The van der Waals surface area contributed by atoms with Gasteiger partial charge in [-0.2, -0.15) is 0 Å². The molecule has 0 bridgehead atoms. The summed E-state index contributed by atoms with van der Waals surface area (Å²) in [6, 6.07) is 0. The van der Waals surface area contributed by atoms with Gasteiger partial charge >= 0.3 is 17.9 Å². The largest absolute Gasteiger partial charge is 0.462 e. The van der Waals surface area contributed by atoms with Crippen molar-refractivity contribution in [3.8, 4) is 0 Å². The molecule has 312 valence electrons. The van der Waals surface area contributed by atoms with Crippen LogP contribution in [0.15, 0.2) is 12.2 Å². The molecule has 0 heterocycles. The van der Waals surface area contributed by atoms with Crippen molar-refractivity contribution in [2.24, 2.45) is 0 Å². The van der Waals surface area contributed by atoms with Crippen LogP contribution in [0.2, 0.25) is 0 Å². The number of allylic oxidation sites excluding steroid dienone is 2. The number of unbranched alkanes of at least 4 members (excludes halogenated alkanes) is 29. The molecule has 0 fully saturated rings. The van der Waals surface area contributed by atoms with Gasteiger partial charge in [0.05, 0.1) is 0 Å². The van der Waals surface area contributed by atoms with Crippen molar-refractivity contribution in [1.29, 1.82) is 0 Å². The van der Waals surface area contributed by atoms with Gasteiger partial charge in [-0.05, 0) is 38.5 Å².